The van der Waals surface area contributed by atoms with E-state index in [1.165, 1.54) is 4.90 Å². The Bertz CT molecular complexity index is 871. The number of rotatable bonds is 7. The Morgan fingerprint density at radius 1 is 1.31 bits per heavy atom. The minimum absolute atomic E-state index is 0.375. The minimum atomic E-state index is -0.501. The van der Waals surface area contributed by atoms with Crippen LogP contribution < -0.4 is 5.32 Å². The van der Waals surface area contributed by atoms with Crippen molar-refractivity contribution in [1.29, 1.82) is 0 Å². The average Bonchev–Trinajstić information content (AvgIpc) is 2.89. The van der Waals surface area contributed by atoms with Gasteiger partial charge >= 0.3 is 5.91 Å². The zero-order valence-corrected chi connectivity index (χ0v) is 15.9. The minimum Gasteiger partial charge on any atom is -0.383 e. The summed E-state index contributed by atoms with van der Waals surface area (Å²) >= 11 is 6.92. The second kappa shape index (κ2) is 8.51. The standard InChI is InChI=1S/C18H19ClN4O2S/c1-2-3-7-22-18-23(16(24)17(25)26-18)10-9-21-14-6-8-20-15-11-12(19)4-5-13(14)15/h4-6,8,11H,2-3,7,9-10H2,1H3,(H,20,21). The van der Waals surface area contributed by atoms with Crippen molar-refractivity contribution in [3.63, 3.8) is 0 Å². The van der Waals surface area contributed by atoms with Crippen LogP contribution in [0.5, 0.6) is 0 Å². The molecule has 6 nitrogen and oxygen atoms in total. The molecule has 2 aromatic rings. The summed E-state index contributed by atoms with van der Waals surface area (Å²) in [6.07, 6.45) is 3.66. The normalized spacial score (nSPS) is 16.1. The predicted molar refractivity (Wildman–Crippen MR) is 107 cm³/mol. The molecule has 26 heavy (non-hydrogen) atoms. The number of nitrogens with one attached hydrogen (secondary N) is 1. The van der Waals surface area contributed by atoms with E-state index in [0.717, 1.165) is 41.2 Å². The third-order valence-corrected chi connectivity index (χ3v) is 5.08. The van der Waals surface area contributed by atoms with Gasteiger partial charge in [0.25, 0.3) is 5.12 Å². The number of benzene rings is 1. The van der Waals surface area contributed by atoms with E-state index >= 15 is 0 Å². The van der Waals surface area contributed by atoms with Crippen molar-refractivity contribution in [2.24, 2.45) is 4.99 Å². The van der Waals surface area contributed by atoms with Crippen molar-refractivity contribution < 1.29 is 9.59 Å². The first kappa shape index (κ1) is 18.7. The van der Waals surface area contributed by atoms with Gasteiger partial charge in [-0.15, -0.1) is 0 Å². The van der Waals surface area contributed by atoms with E-state index < -0.39 is 11.0 Å². The quantitative estimate of drug-likeness (QED) is 0.578. The van der Waals surface area contributed by atoms with E-state index in [0.29, 0.717) is 29.8 Å². The van der Waals surface area contributed by atoms with Crippen LogP contribution >= 0.6 is 23.4 Å². The summed E-state index contributed by atoms with van der Waals surface area (Å²) in [6, 6.07) is 7.40. The molecule has 0 saturated carbocycles. The summed E-state index contributed by atoms with van der Waals surface area (Å²) in [5, 5.41) is 4.92. The molecule has 1 N–H and O–H groups in total. The van der Waals surface area contributed by atoms with E-state index in [1.807, 2.05) is 18.2 Å². The van der Waals surface area contributed by atoms with Gasteiger partial charge in [-0.25, -0.2) is 0 Å². The number of amidine groups is 1. The maximum Gasteiger partial charge on any atom is 0.307 e. The lowest BCUT2D eigenvalue weighted by atomic mass is 10.2. The molecule has 136 valence electrons. The molecule has 1 aliphatic heterocycles. The number of carbonyl (C=O) groups is 2. The molecular weight excluding hydrogens is 372 g/mol. The molecule has 1 aromatic heterocycles. The van der Waals surface area contributed by atoms with Gasteiger partial charge in [0.1, 0.15) is 0 Å². The number of pyridine rings is 1. The molecule has 3 rings (SSSR count). The number of halogens is 1. The fourth-order valence-corrected chi connectivity index (χ4v) is 3.57. The molecule has 1 aliphatic rings. The summed E-state index contributed by atoms with van der Waals surface area (Å²) in [7, 11) is 0. The maximum absolute atomic E-state index is 12.1. The van der Waals surface area contributed by atoms with E-state index in [1.54, 1.807) is 12.3 Å². The van der Waals surface area contributed by atoms with Crippen LogP contribution in [0, 0.1) is 0 Å². The van der Waals surface area contributed by atoms with Gasteiger partial charge in [0, 0.05) is 41.9 Å². The first-order chi connectivity index (χ1) is 12.6. The number of unbranched alkanes of at least 4 members (excludes halogenated alkanes) is 1. The van der Waals surface area contributed by atoms with Crippen molar-refractivity contribution in [1.82, 2.24) is 9.88 Å². The number of thioether (sulfide) groups is 1. The molecular formula is C18H19ClN4O2S. The van der Waals surface area contributed by atoms with E-state index in [-0.39, 0.29) is 0 Å². The van der Waals surface area contributed by atoms with Crippen molar-refractivity contribution in [2.45, 2.75) is 19.8 Å². The Balaban J connectivity index is 1.67. The third-order valence-electron chi connectivity index (χ3n) is 3.95. The van der Waals surface area contributed by atoms with Crippen LogP contribution in [0.3, 0.4) is 0 Å². The lowest BCUT2D eigenvalue weighted by Crippen LogP contribution is -2.35. The van der Waals surface area contributed by atoms with Gasteiger partial charge in [0.05, 0.1) is 5.52 Å². The Morgan fingerprint density at radius 3 is 2.96 bits per heavy atom. The monoisotopic (exact) mass is 390 g/mol. The number of nitrogens with zero attached hydrogens (tertiary/aromatic N) is 3. The lowest BCUT2D eigenvalue weighted by Gasteiger charge is -2.16. The van der Waals surface area contributed by atoms with Crippen molar-refractivity contribution in [3.8, 4) is 0 Å². The first-order valence-corrected chi connectivity index (χ1v) is 9.66. The van der Waals surface area contributed by atoms with E-state index in [4.69, 9.17) is 11.6 Å². The zero-order chi connectivity index (χ0) is 18.5. The number of amides is 1. The van der Waals surface area contributed by atoms with Crippen LogP contribution in [0.1, 0.15) is 19.8 Å². The van der Waals surface area contributed by atoms with Gasteiger partial charge in [-0.05, 0) is 42.4 Å². The predicted octanol–water partition coefficient (Wildman–Crippen LogP) is 3.56. The highest BCUT2D eigenvalue weighted by atomic mass is 35.5. The number of hydrogen-bond acceptors (Lipinski definition) is 6. The molecule has 2 heterocycles. The molecule has 1 fully saturated rings. The summed E-state index contributed by atoms with van der Waals surface area (Å²) in [4.78, 5) is 33.9. The molecule has 1 aromatic carbocycles. The number of aliphatic imine (C=N–C) groups is 1. The number of fused-ring (bicyclic) bond motifs is 1. The molecule has 0 bridgehead atoms. The summed E-state index contributed by atoms with van der Waals surface area (Å²) < 4.78 is 0. The van der Waals surface area contributed by atoms with Gasteiger partial charge in [-0.2, -0.15) is 0 Å². The molecule has 8 heteroatoms. The second-order valence-corrected chi connectivity index (χ2v) is 7.19. The van der Waals surface area contributed by atoms with Crippen LogP contribution in [0.2, 0.25) is 5.02 Å². The molecule has 0 unspecified atom stereocenters. The van der Waals surface area contributed by atoms with E-state index in [2.05, 4.69) is 22.2 Å². The van der Waals surface area contributed by atoms with Gasteiger partial charge in [0.2, 0.25) is 0 Å². The average molecular weight is 391 g/mol. The summed E-state index contributed by atoms with van der Waals surface area (Å²) in [6.45, 7) is 3.57. The lowest BCUT2D eigenvalue weighted by molar-refractivity contribution is -0.136. The molecule has 0 spiro atoms. The topological polar surface area (TPSA) is 74.7 Å². The van der Waals surface area contributed by atoms with Crippen molar-refractivity contribution in [2.75, 3.05) is 25.0 Å². The molecule has 0 aliphatic carbocycles. The van der Waals surface area contributed by atoms with Gasteiger partial charge in [-0.3, -0.25) is 24.5 Å². The van der Waals surface area contributed by atoms with Crippen LogP contribution in [0.4, 0.5) is 5.69 Å². The van der Waals surface area contributed by atoms with Crippen LogP contribution in [0.25, 0.3) is 10.9 Å². The van der Waals surface area contributed by atoms with Gasteiger partial charge in [-0.1, -0.05) is 24.9 Å². The van der Waals surface area contributed by atoms with Crippen LogP contribution in [0.15, 0.2) is 35.5 Å². The smallest absolute Gasteiger partial charge is 0.307 e. The Morgan fingerprint density at radius 2 is 2.15 bits per heavy atom. The molecule has 1 saturated heterocycles. The zero-order valence-electron chi connectivity index (χ0n) is 14.4. The van der Waals surface area contributed by atoms with Gasteiger partial charge in [0.15, 0.2) is 5.17 Å². The molecule has 0 atom stereocenters. The SMILES string of the molecule is CCCCN=C1SC(=O)C(=O)N1CCNc1ccnc2cc(Cl)ccc12. The van der Waals surface area contributed by atoms with Gasteiger partial charge < -0.3 is 5.32 Å². The van der Waals surface area contributed by atoms with Crippen LogP contribution in [-0.4, -0.2) is 45.7 Å². The Hall–Kier alpha value is -2.12. The maximum atomic E-state index is 12.1. The fraction of sp³-hybridized carbons (Fsp3) is 0.333. The van der Waals surface area contributed by atoms with Crippen molar-refractivity contribution >= 4 is 56.1 Å². The molecule has 1 amide bonds. The highest BCUT2D eigenvalue weighted by Crippen LogP contribution is 2.25. The number of hydrogen-bond donors (Lipinski definition) is 1. The number of aromatic nitrogens is 1. The first-order valence-electron chi connectivity index (χ1n) is 8.46. The third kappa shape index (κ3) is 4.16. The number of carbonyl (C=O) groups excluding carboxylic acids is 2. The van der Waals surface area contributed by atoms with E-state index in [9.17, 15) is 9.59 Å². The molecule has 0 radical (unpaired) electrons. The highest BCUT2D eigenvalue weighted by Gasteiger charge is 2.36. The fourth-order valence-electron chi connectivity index (χ4n) is 2.60. The second-order valence-electron chi connectivity index (χ2n) is 5.81. The Kier molecular flexibility index (Phi) is 6.11. The largest absolute Gasteiger partial charge is 0.383 e. The summed E-state index contributed by atoms with van der Waals surface area (Å²) in [5.41, 5.74) is 1.70. The summed E-state index contributed by atoms with van der Waals surface area (Å²) in [5.74, 6) is -0.501. The Labute approximate surface area is 161 Å². The van der Waals surface area contributed by atoms with Crippen molar-refractivity contribution in [3.05, 3.63) is 35.5 Å². The number of anilines is 1. The van der Waals surface area contributed by atoms with Crippen LogP contribution in [-0.2, 0) is 9.59 Å². The highest BCUT2D eigenvalue weighted by molar-refractivity contribution is 8.28.